The van der Waals surface area contributed by atoms with Gasteiger partial charge in [-0.3, -0.25) is 4.98 Å². The van der Waals surface area contributed by atoms with E-state index in [0.29, 0.717) is 0 Å². The molecule has 0 spiro atoms. The quantitative estimate of drug-likeness (QED) is 0.570. The predicted molar refractivity (Wildman–Crippen MR) is 87.7 cm³/mol. The Labute approximate surface area is 128 Å². The van der Waals surface area contributed by atoms with Crippen LogP contribution in [0.3, 0.4) is 0 Å². The second kappa shape index (κ2) is 5.45. The maximum absolute atomic E-state index is 4.81. The molecule has 0 aliphatic rings. The van der Waals surface area contributed by atoms with Crippen LogP contribution in [0, 0.1) is 0 Å². The Morgan fingerprint density at radius 3 is 2.45 bits per heavy atom. The van der Waals surface area contributed by atoms with Crippen molar-refractivity contribution in [2.45, 2.75) is 6.42 Å². The minimum atomic E-state index is 0.760. The van der Waals surface area contributed by atoms with Crippen molar-refractivity contribution in [3.8, 4) is 11.3 Å². The van der Waals surface area contributed by atoms with Gasteiger partial charge in [-0.25, -0.2) is 4.98 Å². The van der Waals surface area contributed by atoms with Gasteiger partial charge in [0.25, 0.3) is 0 Å². The van der Waals surface area contributed by atoms with E-state index in [-0.39, 0.29) is 0 Å². The summed E-state index contributed by atoms with van der Waals surface area (Å²) in [6, 6.07) is 22.4. The van der Waals surface area contributed by atoms with Crippen LogP contribution in [0.1, 0.15) is 11.4 Å². The molecule has 0 radical (unpaired) electrons. The lowest BCUT2D eigenvalue weighted by molar-refractivity contribution is 0.985. The maximum Gasteiger partial charge on any atom is 0.137 e. The molecule has 0 saturated carbocycles. The van der Waals surface area contributed by atoms with Crippen molar-refractivity contribution in [2.75, 3.05) is 0 Å². The van der Waals surface area contributed by atoms with Crippen molar-refractivity contribution in [1.82, 2.24) is 14.4 Å². The van der Waals surface area contributed by atoms with E-state index >= 15 is 0 Å². The number of benzene rings is 1. The molecule has 106 valence electrons. The van der Waals surface area contributed by atoms with Gasteiger partial charge in [0, 0.05) is 30.1 Å². The van der Waals surface area contributed by atoms with E-state index in [9.17, 15) is 0 Å². The van der Waals surface area contributed by atoms with Crippen LogP contribution in [-0.4, -0.2) is 14.4 Å². The van der Waals surface area contributed by atoms with Gasteiger partial charge < -0.3 is 4.40 Å². The fourth-order valence-electron chi connectivity index (χ4n) is 2.72. The van der Waals surface area contributed by atoms with Gasteiger partial charge in [0.1, 0.15) is 5.65 Å². The van der Waals surface area contributed by atoms with Crippen molar-refractivity contribution in [3.63, 3.8) is 0 Å². The second-order valence-corrected chi connectivity index (χ2v) is 5.20. The standard InChI is InChI=1S/C19H15N3/c1-2-8-15(9-3-1)19-17(14-16-10-4-6-12-20-16)22-13-7-5-11-18(22)21-19/h1-13H,14H2. The van der Waals surface area contributed by atoms with Crippen LogP contribution in [0.25, 0.3) is 16.9 Å². The number of imidazole rings is 1. The average Bonchev–Trinajstić information content (AvgIpc) is 2.95. The average molecular weight is 285 g/mol. The zero-order valence-electron chi connectivity index (χ0n) is 12.1. The summed E-state index contributed by atoms with van der Waals surface area (Å²) < 4.78 is 2.15. The van der Waals surface area contributed by atoms with Crippen LogP contribution >= 0.6 is 0 Å². The van der Waals surface area contributed by atoms with Gasteiger partial charge >= 0.3 is 0 Å². The summed E-state index contributed by atoms with van der Waals surface area (Å²) in [7, 11) is 0. The molecule has 0 unspecified atom stereocenters. The Bertz CT molecular complexity index is 896. The summed E-state index contributed by atoms with van der Waals surface area (Å²) in [5.41, 5.74) is 5.34. The van der Waals surface area contributed by atoms with Crippen LogP contribution in [0.15, 0.2) is 79.1 Å². The van der Waals surface area contributed by atoms with Crippen LogP contribution < -0.4 is 0 Å². The molecule has 1 aromatic carbocycles. The van der Waals surface area contributed by atoms with Crippen LogP contribution in [0.4, 0.5) is 0 Å². The molecular formula is C19H15N3. The fourth-order valence-corrected chi connectivity index (χ4v) is 2.72. The number of rotatable bonds is 3. The van der Waals surface area contributed by atoms with Crippen molar-refractivity contribution < 1.29 is 0 Å². The minimum Gasteiger partial charge on any atom is -0.303 e. The van der Waals surface area contributed by atoms with E-state index < -0.39 is 0 Å². The Hall–Kier alpha value is -2.94. The molecule has 3 heterocycles. The van der Waals surface area contributed by atoms with Crippen molar-refractivity contribution in [1.29, 1.82) is 0 Å². The summed E-state index contributed by atoms with van der Waals surface area (Å²) in [5.74, 6) is 0. The van der Waals surface area contributed by atoms with E-state index in [2.05, 4.69) is 33.8 Å². The van der Waals surface area contributed by atoms with Gasteiger partial charge in [0.15, 0.2) is 0 Å². The second-order valence-electron chi connectivity index (χ2n) is 5.20. The molecule has 0 amide bonds. The van der Waals surface area contributed by atoms with Crippen molar-refractivity contribution in [3.05, 3.63) is 90.5 Å². The lowest BCUT2D eigenvalue weighted by Gasteiger charge is -2.05. The number of hydrogen-bond donors (Lipinski definition) is 0. The van der Waals surface area contributed by atoms with E-state index in [1.165, 1.54) is 5.69 Å². The molecule has 0 N–H and O–H groups in total. The third kappa shape index (κ3) is 2.27. The molecule has 0 atom stereocenters. The molecule has 3 heteroatoms. The fraction of sp³-hybridized carbons (Fsp3) is 0.0526. The molecule has 3 nitrogen and oxygen atoms in total. The minimum absolute atomic E-state index is 0.760. The van der Waals surface area contributed by atoms with Gasteiger partial charge in [-0.1, -0.05) is 42.5 Å². The molecule has 3 aromatic heterocycles. The van der Waals surface area contributed by atoms with E-state index in [0.717, 1.165) is 29.0 Å². The van der Waals surface area contributed by atoms with Crippen LogP contribution in [0.5, 0.6) is 0 Å². The summed E-state index contributed by atoms with van der Waals surface area (Å²) in [6.07, 6.45) is 4.66. The third-order valence-electron chi connectivity index (χ3n) is 3.75. The highest BCUT2D eigenvalue weighted by atomic mass is 15.0. The number of nitrogens with zero attached hydrogens (tertiary/aromatic N) is 3. The highest BCUT2D eigenvalue weighted by Gasteiger charge is 2.14. The number of fused-ring (bicyclic) bond motifs is 1. The van der Waals surface area contributed by atoms with E-state index in [4.69, 9.17) is 4.98 Å². The Morgan fingerprint density at radius 2 is 1.64 bits per heavy atom. The van der Waals surface area contributed by atoms with Gasteiger partial charge in [-0.05, 0) is 24.3 Å². The maximum atomic E-state index is 4.81. The summed E-state index contributed by atoms with van der Waals surface area (Å²) in [6.45, 7) is 0. The van der Waals surface area contributed by atoms with E-state index in [1.54, 1.807) is 0 Å². The molecule has 0 saturated heterocycles. The molecule has 0 bridgehead atoms. The van der Waals surface area contributed by atoms with Gasteiger partial charge in [0.2, 0.25) is 0 Å². The zero-order chi connectivity index (χ0) is 14.8. The highest BCUT2D eigenvalue weighted by molar-refractivity contribution is 5.67. The third-order valence-corrected chi connectivity index (χ3v) is 3.75. The summed E-state index contributed by atoms with van der Waals surface area (Å²) >= 11 is 0. The lowest BCUT2D eigenvalue weighted by Crippen LogP contribution is -1.98. The predicted octanol–water partition coefficient (Wildman–Crippen LogP) is 3.99. The summed E-state index contributed by atoms with van der Waals surface area (Å²) in [5, 5.41) is 0. The largest absolute Gasteiger partial charge is 0.303 e. The SMILES string of the molecule is c1ccc(-c2nc3ccccn3c2Cc2ccccn2)cc1. The molecule has 4 rings (SSSR count). The normalized spacial score (nSPS) is 10.9. The number of hydrogen-bond acceptors (Lipinski definition) is 2. The molecule has 0 fully saturated rings. The van der Waals surface area contributed by atoms with Crippen LogP contribution in [0.2, 0.25) is 0 Å². The van der Waals surface area contributed by atoms with Crippen molar-refractivity contribution >= 4 is 5.65 Å². The lowest BCUT2D eigenvalue weighted by atomic mass is 10.1. The molecule has 0 aliphatic heterocycles. The van der Waals surface area contributed by atoms with Crippen LogP contribution in [-0.2, 0) is 6.42 Å². The Morgan fingerprint density at radius 1 is 0.818 bits per heavy atom. The summed E-state index contributed by atoms with van der Waals surface area (Å²) in [4.78, 5) is 9.27. The van der Waals surface area contributed by atoms with Gasteiger partial charge in [-0.15, -0.1) is 0 Å². The first kappa shape index (κ1) is 12.8. The number of aromatic nitrogens is 3. The highest BCUT2D eigenvalue weighted by Crippen LogP contribution is 2.25. The van der Waals surface area contributed by atoms with E-state index in [1.807, 2.05) is 54.7 Å². The Balaban J connectivity index is 1.91. The smallest absolute Gasteiger partial charge is 0.137 e. The van der Waals surface area contributed by atoms with Crippen molar-refractivity contribution in [2.24, 2.45) is 0 Å². The number of pyridine rings is 2. The molecule has 4 aromatic rings. The first-order valence-corrected chi connectivity index (χ1v) is 7.33. The Kier molecular flexibility index (Phi) is 3.16. The first-order valence-electron chi connectivity index (χ1n) is 7.33. The first-order chi connectivity index (χ1) is 10.9. The monoisotopic (exact) mass is 285 g/mol. The van der Waals surface area contributed by atoms with Gasteiger partial charge in [-0.2, -0.15) is 0 Å². The zero-order valence-corrected chi connectivity index (χ0v) is 12.1. The topological polar surface area (TPSA) is 30.2 Å². The van der Waals surface area contributed by atoms with Gasteiger partial charge in [0.05, 0.1) is 11.4 Å². The molecular weight excluding hydrogens is 270 g/mol. The molecule has 22 heavy (non-hydrogen) atoms. The molecule has 0 aliphatic carbocycles.